The van der Waals surface area contributed by atoms with Crippen LogP contribution in [0.4, 0.5) is 4.79 Å². The standard InChI is InChI=1S/C10H19NO2/c1-4-6-7-9-11(8-5-2)10(12)13-3/h5H,2,4,6-9H2,1,3H3. The quantitative estimate of drug-likeness (QED) is 0.470. The molecule has 0 heterocycles. The van der Waals surface area contributed by atoms with Gasteiger partial charge < -0.3 is 9.64 Å². The summed E-state index contributed by atoms with van der Waals surface area (Å²) in [6.07, 6.45) is 4.77. The topological polar surface area (TPSA) is 29.5 Å². The fourth-order valence-electron chi connectivity index (χ4n) is 1.09. The molecule has 0 aliphatic heterocycles. The van der Waals surface area contributed by atoms with E-state index in [0.29, 0.717) is 6.54 Å². The molecule has 0 bridgehead atoms. The number of carbonyl (C=O) groups excluding carboxylic acids is 1. The van der Waals surface area contributed by atoms with E-state index in [9.17, 15) is 4.79 Å². The Kier molecular flexibility index (Phi) is 7.07. The zero-order chi connectivity index (χ0) is 10.1. The second-order valence-electron chi connectivity index (χ2n) is 2.91. The van der Waals surface area contributed by atoms with Crippen LogP contribution in [0.2, 0.25) is 0 Å². The molecule has 0 aliphatic rings. The number of methoxy groups -OCH3 is 1. The Labute approximate surface area is 80.4 Å². The Balaban J connectivity index is 3.79. The van der Waals surface area contributed by atoms with E-state index in [0.717, 1.165) is 25.8 Å². The fraction of sp³-hybridized carbons (Fsp3) is 0.700. The molecule has 0 spiro atoms. The van der Waals surface area contributed by atoms with E-state index in [-0.39, 0.29) is 6.09 Å². The van der Waals surface area contributed by atoms with Crippen LogP contribution in [0.25, 0.3) is 0 Å². The highest BCUT2D eigenvalue weighted by atomic mass is 16.5. The summed E-state index contributed by atoms with van der Waals surface area (Å²) in [6, 6.07) is 0. The van der Waals surface area contributed by atoms with E-state index in [1.54, 1.807) is 11.0 Å². The van der Waals surface area contributed by atoms with Crippen LogP contribution in [0, 0.1) is 0 Å². The van der Waals surface area contributed by atoms with Crippen molar-refractivity contribution in [2.24, 2.45) is 0 Å². The number of nitrogens with zero attached hydrogens (tertiary/aromatic N) is 1. The Morgan fingerprint density at radius 2 is 2.23 bits per heavy atom. The number of hydrogen-bond donors (Lipinski definition) is 0. The molecule has 0 saturated heterocycles. The lowest BCUT2D eigenvalue weighted by Crippen LogP contribution is -2.31. The Bertz CT molecular complexity index is 157. The predicted molar refractivity (Wildman–Crippen MR) is 53.7 cm³/mol. The van der Waals surface area contributed by atoms with Crippen LogP contribution in [0.3, 0.4) is 0 Å². The van der Waals surface area contributed by atoms with Crippen LogP contribution >= 0.6 is 0 Å². The van der Waals surface area contributed by atoms with Crippen molar-refractivity contribution >= 4 is 6.09 Å². The molecule has 0 saturated carbocycles. The van der Waals surface area contributed by atoms with Crippen molar-refractivity contribution in [3.8, 4) is 0 Å². The maximum absolute atomic E-state index is 11.2. The van der Waals surface area contributed by atoms with E-state index in [4.69, 9.17) is 0 Å². The molecule has 0 radical (unpaired) electrons. The lowest BCUT2D eigenvalue weighted by molar-refractivity contribution is 0.127. The van der Waals surface area contributed by atoms with Crippen molar-refractivity contribution in [1.82, 2.24) is 4.90 Å². The molecule has 0 fully saturated rings. The van der Waals surface area contributed by atoms with Gasteiger partial charge in [-0.25, -0.2) is 4.79 Å². The first kappa shape index (κ1) is 12.0. The van der Waals surface area contributed by atoms with Gasteiger partial charge in [0, 0.05) is 13.1 Å². The summed E-state index contributed by atoms with van der Waals surface area (Å²) in [5, 5.41) is 0. The van der Waals surface area contributed by atoms with Gasteiger partial charge >= 0.3 is 6.09 Å². The van der Waals surface area contributed by atoms with E-state index in [1.165, 1.54) is 7.11 Å². The van der Waals surface area contributed by atoms with E-state index < -0.39 is 0 Å². The smallest absolute Gasteiger partial charge is 0.409 e. The second-order valence-corrected chi connectivity index (χ2v) is 2.91. The maximum atomic E-state index is 11.2. The third-order valence-electron chi connectivity index (χ3n) is 1.81. The number of rotatable bonds is 6. The molecule has 0 N–H and O–H groups in total. The minimum atomic E-state index is -0.268. The van der Waals surface area contributed by atoms with Crippen LogP contribution in [-0.2, 0) is 4.74 Å². The summed E-state index contributed by atoms with van der Waals surface area (Å²) in [7, 11) is 1.40. The van der Waals surface area contributed by atoms with E-state index >= 15 is 0 Å². The first-order chi connectivity index (χ1) is 6.26. The van der Waals surface area contributed by atoms with Crippen LogP contribution in [-0.4, -0.2) is 31.2 Å². The van der Waals surface area contributed by atoms with Crippen molar-refractivity contribution in [2.75, 3.05) is 20.2 Å². The molecule has 1 amide bonds. The predicted octanol–water partition coefficient (Wildman–Crippen LogP) is 2.43. The number of unbranched alkanes of at least 4 members (excludes halogenated alkanes) is 2. The summed E-state index contributed by atoms with van der Waals surface area (Å²) in [5.74, 6) is 0. The Morgan fingerprint density at radius 3 is 2.69 bits per heavy atom. The van der Waals surface area contributed by atoms with Gasteiger partial charge in [0.25, 0.3) is 0 Å². The molecule has 0 aliphatic carbocycles. The number of hydrogen-bond acceptors (Lipinski definition) is 2. The summed E-state index contributed by atoms with van der Waals surface area (Å²) >= 11 is 0. The molecular weight excluding hydrogens is 166 g/mol. The van der Waals surface area contributed by atoms with Crippen LogP contribution < -0.4 is 0 Å². The lowest BCUT2D eigenvalue weighted by atomic mass is 10.2. The summed E-state index contributed by atoms with van der Waals surface area (Å²) < 4.78 is 4.63. The average Bonchev–Trinajstić information content (AvgIpc) is 2.16. The van der Waals surface area contributed by atoms with Crippen molar-refractivity contribution < 1.29 is 9.53 Å². The highest BCUT2D eigenvalue weighted by Crippen LogP contribution is 2.00. The largest absolute Gasteiger partial charge is 0.453 e. The SMILES string of the molecule is C=CCN(CCCCC)C(=O)OC. The molecule has 0 atom stereocenters. The van der Waals surface area contributed by atoms with Crippen LogP contribution in [0.1, 0.15) is 26.2 Å². The zero-order valence-electron chi connectivity index (χ0n) is 8.58. The molecule has 0 aromatic heterocycles. The van der Waals surface area contributed by atoms with Crippen molar-refractivity contribution in [3.63, 3.8) is 0 Å². The summed E-state index contributed by atoms with van der Waals surface area (Å²) in [6.45, 7) is 7.05. The molecule has 76 valence electrons. The molecule has 3 heteroatoms. The van der Waals surface area contributed by atoms with Crippen molar-refractivity contribution in [2.45, 2.75) is 26.2 Å². The molecular formula is C10H19NO2. The molecule has 0 rings (SSSR count). The van der Waals surface area contributed by atoms with Crippen LogP contribution in [0.15, 0.2) is 12.7 Å². The van der Waals surface area contributed by atoms with Gasteiger partial charge in [-0.1, -0.05) is 25.8 Å². The molecule has 13 heavy (non-hydrogen) atoms. The second kappa shape index (κ2) is 7.65. The minimum absolute atomic E-state index is 0.268. The molecule has 0 aromatic rings. The number of carbonyl (C=O) groups is 1. The molecule has 0 unspecified atom stereocenters. The van der Waals surface area contributed by atoms with Crippen LogP contribution in [0.5, 0.6) is 0 Å². The maximum Gasteiger partial charge on any atom is 0.409 e. The third-order valence-corrected chi connectivity index (χ3v) is 1.81. The van der Waals surface area contributed by atoms with E-state index in [1.807, 2.05) is 0 Å². The van der Waals surface area contributed by atoms with Gasteiger partial charge in [0.05, 0.1) is 7.11 Å². The van der Waals surface area contributed by atoms with Gasteiger partial charge in [-0.15, -0.1) is 6.58 Å². The molecule has 0 aromatic carbocycles. The minimum Gasteiger partial charge on any atom is -0.453 e. The third kappa shape index (κ3) is 5.28. The van der Waals surface area contributed by atoms with Gasteiger partial charge in [0.2, 0.25) is 0 Å². The normalized spacial score (nSPS) is 9.38. The highest BCUT2D eigenvalue weighted by Gasteiger charge is 2.10. The van der Waals surface area contributed by atoms with Crippen molar-refractivity contribution in [3.05, 3.63) is 12.7 Å². The number of amides is 1. The Hall–Kier alpha value is -0.990. The van der Waals surface area contributed by atoms with Crippen molar-refractivity contribution in [1.29, 1.82) is 0 Å². The zero-order valence-corrected chi connectivity index (χ0v) is 8.58. The fourth-order valence-corrected chi connectivity index (χ4v) is 1.09. The first-order valence-electron chi connectivity index (χ1n) is 4.70. The van der Waals surface area contributed by atoms with Gasteiger partial charge in [-0.2, -0.15) is 0 Å². The average molecular weight is 185 g/mol. The van der Waals surface area contributed by atoms with Gasteiger partial charge in [0.1, 0.15) is 0 Å². The molecule has 3 nitrogen and oxygen atoms in total. The monoisotopic (exact) mass is 185 g/mol. The van der Waals surface area contributed by atoms with Gasteiger partial charge in [-0.05, 0) is 6.42 Å². The lowest BCUT2D eigenvalue weighted by Gasteiger charge is -2.18. The number of ether oxygens (including phenoxy) is 1. The van der Waals surface area contributed by atoms with E-state index in [2.05, 4.69) is 18.2 Å². The highest BCUT2D eigenvalue weighted by molar-refractivity contribution is 5.67. The Morgan fingerprint density at radius 1 is 1.54 bits per heavy atom. The first-order valence-corrected chi connectivity index (χ1v) is 4.70. The summed E-state index contributed by atoms with van der Waals surface area (Å²) in [4.78, 5) is 12.8. The van der Waals surface area contributed by atoms with Gasteiger partial charge in [0.15, 0.2) is 0 Å². The van der Waals surface area contributed by atoms with Gasteiger partial charge in [-0.3, -0.25) is 0 Å². The summed E-state index contributed by atoms with van der Waals surface area (Å²) in [5.41, 5.74) is 0.